The van der Waals surface area contributed by atoms with Crippen molar-refractivity contribution in [1.29, 1.82) is 0 Å². The number of aryl methyl sites for hydroxylation is 2. The number of rotatable bonds is 2. The van der Waals surface area contributed by atoms with Gasteiger partial charge in [0.25, 0.3) is 0 Å². The van der Waals surface area contributed by atoms with Gasteiger partial charge in [0, 0.05) is 11.7 Å². The second-order valence-corrected chi connectivity index (χ2v) is 4.92. The molecule has 4 heteroatoms. The molecule has 0 bridgehead atoms. The highest BCUT2D eigenvalue weighted by Gasteiger charge is 2.16. The highest BCUT2D eigenvalue weighted by molar-refractivity contribution is 6.39. The Balaban J connectivity index is 2.01. The molecule has 0 saturated carbocycles. The molecular formula is C14H18N2O2. The van der Waals surface area contributed by atoms with Crippen LogP contribution in [0.3, 0.4) is 0 Å². The van der Waals surface area contributed by atoms with Gasteiger partial charge in [-0.05, 0) is 56.4 Å². The first-order valence-electron chi connectivity index (χ1n) is 6.30. The minimum absolute atomic E-state index is 0.0386. The SMILES string of the molecule is CC(C)NC(=O)C(=O)Nc1ccc2c(c1)CCC2. The summed E-state index contributed by atoms with van der Waals surface area (Å²) in [7, 11) is 0. The zero-order chi connectivity index (χ0) is 13.1. The number of nitrogens with one attached hydrogen (secondary N) is 2. The molecule has 1 aliphatic rings. The first kappa shape index (κ1) is 12.6. The first-order chi connectivity index (χ1) is 8.56. The van der Waals surface area contributed by atoms with Crippen molar-refractivity contribution in [3.8, 4) is 0 Å². The fourth-order valence-electron chi connectivity index (χ4n) is 2.17. The van der Waals surface area contributed by atoms with Gasteiger partial charge < -0.3 is 10.6 Å². The number of benzene rings is 1. The van der Waals surface area contributed by atoms with Crippen LogP contribution in [-0.4, -0.2) is 17.9 Å². The van der Waals surface area contributed by atoms with E-state index >= 15 is 0 Å². The van der Waals surface area contributed by atoms with Crippen LogP contribution in [0.2, 0.25) is 0 Å². The Labute approximate surface area is 107 Å². The summed E-state index contributed by atoms with van der Waals surface area (Å²) in [6.45, 7) is 3.64. The van der Waals surface area contributed by atoms with Gasteiger partial charge in [0.1, 0.15) is 0 Å². The van der Waals surface area contributed by atoms with Crippen molar-refractivity contribution in [1.82, 2.24) is 5.32 Å². The molecule has 0 atom stereocenters. The van der Waals surface area contributed by atoms with E-state index in [1.54, 1.807) is 0 Å². The Kier molecular flexibility index (Phi) is 3.65. The monoisotopic (exact) mass is 246 g/mol. The number of amides is 2. The smallest absolute Gasteiger partial charge is 0.313 e. The summed E-state index contributed by atoms with van der Waals surface area (Å²) in [4.78, 5) is 23.1. The highest BCUT2D eigenvalue weighted by Crippen LogP contribution is 2.24. The van der Waals surface area contributed by atoms with E-state index in [1.165, 1.54) is 17.5 Å². The quantitative estimate of drug-likeness (QED) is 0.779. The van der Waals surface area contributed by atoms with Crippen molar-refractivity contribution in [2.24, 2.45) is 0 Å². The van der Waals surface area contributed by atoms with Crippen molar-refractivity contribution in [2.75, 3.05) is 5.32 Å². The third-order valence-corrected chi connectivity index (χ3v) is 2.98. The largest absolute Gasteiger partial charge is 0.346 e. The standard InChI is InChI=1S/C14H18N2O2/c1-9(2)15-13(17)14(18)16-12-7-6-10-4-3-5-11(10)8-12/h6-9H,3-5H2,1-2H3,(H,15,17)(H,16,18). The van der Waals surface area contributed by atoms with E-state index in [0.717, 1.165) is 12.8 Å². The maximum absolute atomic E-state index is 11.6. The van der Waals surface area contributed by atoms with Crippen LogP contribution in [0.5, 0.6) is 0 Å². The van der Waals surface area contributed by atoms with E-state index in [2.05, 4.69) is 10.6 Å². The number of anilines is 1. The third kappa shape index (κ3) is 2.88. The summed E-state index contributed by atoms with van der Waals surface area (Å²) in [5.41, 5.74) is 3.32. The first-order valence-corrected chi connectivity index (χ1v) is 6.30. The maximum Gasteiger partial charge on any atom is 0.313 e. The molecule has 1 aromatic carbocycles. The lowest BCUT2D eigenvalue weighted by Gasteiger charge is -2.09. The van der Waals surface area contributed by atoms with Crippen molar-refractivity contribution in [2.45, 2.75) is 39.2 Å². The van der Waals surface area contributed by atoms with E-state index in [1.807, 2.05) is 32.0 Å². The van der Waals surface area contributed by atoms with Gasteiger partial charge in [0.05, 0.1) is 0 Å². The van der Waals surface area contributed by atoms with Gasteiger partial charge in [-0.15, -0.1) is 0 Å². The van der Waals surface area contributed by atoms with Crippen molar-refractivity contribution in [3.05, 3.63) is 29.3 Å². The molecule has 0 aliphatic heterocycles. The Morgan fingerprint density at radius 2 is 1.83 bits per heavy atom. The fourth-order valence-corrected chi connectivity index (χ4v) is 2.17. The van der Waals surface area contributed by atoms with Crippen LogP contribution in [0.15, 0.2) is 18.2 Å². The second-order valence-electron chi connectivity index (χ2n) is 4.92. The molecule has 4 nitrogen and oxygen atoms in total. The Bertz CT molecular complexity index is 481. The molecule has 18 heavy (non-hydrogen) atoms. The molecular weight excluding hydrogens is 228 g/mol. The van der Waals surface area contributed by atoms with Gasteiger partial charge >= 0.3 is 11.8 Å². The van der Waals surface area contributed by atoms with Crippen molar-refractivity contribution in [3.63, 3.8) is 0 Å². The number of hydrogen-bond donors (Lipinski definition) is 2. The topological polar surface area (TPSA) is 58.2 Å². The van der Waals surface area contributed by atoms with Crippen LogP contribution in [-0.2, 0) is 22.4 Å². The Hall–Kier alpha value is -1.84. The highest BCUT2D eigenvalue weighted by atomic mass is 16.2. The average Bonchev–Trinajstić information content (AvgIpc) is 2.75. The number of carbonyl (C=O) groups excluding carboxylic acids is 2. The predicted octanol–water partition coefficient (Wildman–Crippen LogP) is 1.64. The predicted molar refractivity (Wildman–Crippen MR) is 70.4 cm³/mol. The normalized spacial score (nSPS) is 13.3. The van der Waals surface area contributed by atoms with E-state index in [0.29, 0.717) is 5.69 Å². The van der Waals surface area contributed by atoms with Crippen molar-refractivity contribution < 1.29 is 9.59 Å². The minimum Gasteiger partial charge on any atom is -0.346 e. The van der Waals surface area contributed by atoms with Crippen LogP contribution in [0.1, 0.15) is 31.4 Å². The molecule has 2 N–H and O–H groups in total. The lowest BCUT2D eigenvalue weighted by atomic mass is 10.1. The van der Waals surface area contributed by atoms with Crippen LogP contribution in [0.25, 0.3) is 0 Å². The lowest BCUT2D eigenvalue weighted by molar-refractivity contribution is -0.136. The summed E-state index contributed by atoms with van der Waals surface area (Å²) in [5, 5.41) is 5.19. The Morgan fingerprint density at radius 1 is 1.11 bits per heavy atom. The summed E-state index contributed by atoms with van der Waals surface area (Å²) >= 11 is 0. The van der Waals surface area contributed by atoms with E-state index in [4.69, 9.17) is 0 Å². The van der Waals surface area contributed by atoms with Crippen LogP contribution >= 0.6 is 0 Å². The minimum atomic E-state index is -0.610. The average molecular weight is 246 g/mol. The maximum atomic E-state index is 11.6. The van der Waals surface area contributed by atoms with Crippen LogP contribution < -0.4 is 10.6 Å². The molecule has 0 radical (unpaired) electrons. The molecule has 0 unspecified atom stereocenters. The molecule has 0 saturated heterocycles. The fraction of sp³-hybridized carbons (Fsp3) is 0.429. The molecule has 96 valence electrons. The van der Waals surface area contributed by atoms with E-state index in [9.17, 15) is 9.59 Å². The van der Waals surface area contributed by atoms with Gasteiger partial charge in [0.2, 0.25) is 0 Å². The van der Waals surface area contributed by atoms with Crippen molar-refractivity contribution >= 4 is 17.5 Å². The summed E-state index contributed by atoms with van der Waals surface area (Å²) in [6.07, 6.45) is 3.33. The molecule has 2 rings (SSSR count). The molecule has 1 aliphatic carbocycles. The molecule has 0 spiro atoms. The van der Waals surface area contributed by atoms with Crippen LogP contribution in [0, 0.1) is 0 Å². The summed E-state index contributed by atoms with van der Waals surface area (Å²) < 4.78 is 0. The summed E-state index contributed by atoms with van der Waals surface area (Å²) in [5.74, 6) is -1.20. The Morgan fingerprint density at radius 3 is 2.56 bits per heavy atom. The number of hydrogen-bond acceptors (Lipinski definition) is 2. The van der Waals surface area contributed by atoms with E-state index in [-0.39, 0.29) is 6.04 Å². The van der Waals surface area contributed by atoms with Gasteiger partial charge in [0.15, 0.2) is 0 Å². The summed E-state index contributed by atoms with van der Waals surface area (Å²) in [6, 6.07) is 5.80. The van der Waals surface area contributed by atoms with Gasteiger partial charge in [-0.3, -0.25) is 9.59 Å². The zero-order valence-electron chi connectivity index (χ0n) is 10.7. The molecule has 1 aromatic rings. The number of fused-ring (bicyclic) bond motifs is 1. The molecule has 0 aromatic heterocycles. The molecule has 0 heterocycles. The zero-order valence-corrected chi connectivity index (χ0v) is 10.7. The molecule has 2 amide bonds. The van der Waals surface area contributed by atoms with E-state index < -0.39 is 11.8 Å². The third-order valence-electron chi connectivity index (χ3n) is 2.98. The van der Waals surface area contributed by atoms with Gasteiger partial charge in [-0.2, -0.15) is 0 Å². The van der Waals surface area contributed by atoms with Crippen LogP contribution in [0.4, 0.5) is 5.69 Å². The number of carbonyl (C=O) groups is 2. The molecule has 0 fully saturated rings. The lowest BCUT2D eigenvalue weighted by Crippen LogP contribution is -2.39. The van der Waals surface area contributed by atoms with Gasteiger partial charge in [-0.1, -0.05) is 6.07 Å². The van der Waals surface area contributed by atoms with Gasteiger partial charge in [-0.25, -0.2) is 0 Å². The second kappa shape index (κ2) is 5.21.